The predicted octanol–water partition coefficient (Wildman–Crippen LogP) is 3.30. The molecule has 3 rings (SSSR count). The lowest BCUT2D eigenvalue weighted by Gasteiger charge is -2.03. The first-order valence-corrected chi connectivity index (χ1v) is 6.60. The van der Waals surface area contributed by atoms with Crippen molar-refractivity contribution in [3.8, 4) is 23.0 Å². The quantitative estimate of drug-likeness (QED) is 0.779. The number of nitrogens with two attached hydrogens (primary N) is 1. The largest absolute Gasteiger partial charge is 0.384 e. The van der Waals surface area contributed by atoms with Crippen molar-refractivity contribution in [1.82, 2.24) is 9.78 Å². The van der Waals surface area contributed by atoms with Crippen LogP contribution in [-0.2, 0) is 0 Å². The van der Waals surface area contributed by atoms with Crippen molar-refractivity contribution in [2.45, 2.75) is 6.92 Å². The third kappa shape index (κ3) is 2.49. The number of anilines is 1. The first kappa shape index (κ1) is 12.9. The van der Waals surface area contributed by atoms with E-state index in [9.17, 15) is 0 Å². The van der Waals surface area contributed by atoms with Crippen LogP contribution in [0.5, 0.6) is 0 Å². The normalized spacial score (nSPS) is 10.3. The molecule has 21 heavy (non-hydrogen) atoms. The summed E-state index contributed by atoms with van der Waals surface area (Å²) in [5, 5.41) is 13.4. The average molecular weight is 274 g/mol. The molecule has 4 nitrogen and oxygen atoms in total. The fourth-order valence-corrected chi connectivity index (χ4v) is 2.14. The van der Waals surface area contributed by atoms with Crippen LogP contribution in [0.4, 0.5) is 5.82 Å². The third-order valence-electron chi connectivity index (χ3n) is 3.33. The number of rotatable bonds is 2. The van der Waals surface area contributed by atoms with Crippen LogP contribution >= 0.6 is 0 Å². The lowest BCUT2D eigenvalue weighted by molar-refractivity contribution is 0.895. The standard InChI is InChI=1S/C17H14N4/c1-12-2-6-14(7-3-12)16-10-17(19)21(20-16)15-8-4-13(11-18)5-9-15/h2-10H,19H2,1H3. The summed E-state index contributed by atoms with van der Waals surface area (Å²) in [7, 11) is 0. The van der Waals surface area contributed by atoms with Crippen molar-refractivity contribution in [2.24, 2.45) is 0 Å². The molecule has 0 aliphatic rings. The summed E-state index contributed by atoms with van der Waals surface area (Å²) >= 11 is 0. The zero-order chi connectivity index (χ0) is 14.8. The Morgan fingerprint density at radius 3 is 2.33 bits per heavy atom. The maximum Gasteiger partial charge on any atom is 0.127 e. The van der Waals surface area contributed by atoms with Crippen molar-refractivity contribution in [2.75, 3.05) is 5.73 Å². The molecule has 2 N–H and O–H groups in total. The van der Waals surface area contributed by atoms with Crippen LogP contribution < -0.4 is 5.73 Å². The molecule has 4 heteroatoms. The number of nitrogen functional groups attached to an aromatic ring is 1. The summed E-state index contributed by atoms with van der Waals surface area (Å²) in [5.74, 6) is 0.565. The third-order valence-corrected chi connectivity index (χ3v) is 3.33. The highest BCUT2D eigenvalue weighted by Gasteiger charge is 2.08. The van der Waals surface area contributed by atoms with Crippen LogP contribution in [0.25, 0.3) is 16.9 Å². The number of benzene rings is 2. The van der Waals surface area contributed by atoms with E-state index in [0.717, 1.165) is 16.9 Å². The molecule has 0 unspecified atom stereocenters. The Hall–Kier alpha value is -3.06. The maximum absolute atomic E-state index is 8.83. The van der Waals surface area contributed by atoms with E-state index in [4.69, 9.17) is 11.0 Å². The molecule has 0 fully saturated rings. The van der Waals surface area contributed by atoms with E-state index < -0.39 is 0 Å². The van der Waals surface area contributed by atoms with Gasteiger partial charge in [-0.1, -0.05) is 29.8 Å². The van der Waals surface area contributed by atoms with E-state index in [1.165, 1.54) is 5.56 Å². The van der Waals surface area contributed by atoms with Gasteiger partial charge in [0.25, 0.3) is 0 Å². The SMILES string of the molecule is Cc1ccc(-c2cc(N)n(-c3ccc(C#N)cc3)n2)cc1. The number of nitriles is 1. The van der Waals surface area contributed by atoms with Gasteiger partial charge in [0.15, 0.2) is 0 Å². The molecule has 0 saturated heterocycles. The lowest BCUT2D eigenvalue weighted by Crippen LogP contribution is -2.01. The molecule has 0 aliphatic carbocycles. The number of hydrogen-bond donors (Lipinski definition) is 1. The fourth-order valence-electron chi connectivity index (χ4n) is 2.14. The van der Waals surface area contributed by atoms with Gasteiger partial charge in [0, 0.05) is 11.6 Å². The second-order valence-corrected chi connectivity index (χ2v) is 4.89. The summed E-state index contributed by atoms with van der Waals surface area (Å²) in [4.78, 5) is 0. The van der Waals surface area contributed by atoms with E-state index in [0.29, 0.717) is 11.4 Å². The summed E-state index contributed by atoms with van der Waals surface area (Å²) in [6.07, 6.45) is 0. The minimum Gasteiger partial charge on any atom is -0.384 e. The van der Waals surface area contributed by atoms with Crippen LogP contribution in [0.15, 0.2) is 54.6 Å². The minimum absolute atomic E-state index is 0.565. The number of aryl methyl sites for hydroxylation is 1. The number of aromatic nitrogens is 2. The number of hydrogen-bond acceptors (Lipinski definition) is 3. The summed E-state index contributed by atoms with van der Waals surface area (Å²) < 4.78 is 1.68. The van der Waals surface area contributed by atoms with Gasteiger partial charge in [-0.2, -0.15) is 10.4 Å². The Bertz CT molecular complexity index is 805. The highest BCUT2D eigenvalue weighted by Crippen LogP contribution is 2.23. The molecule has 0 bridgehead atoms. The molecule has 3 aromatic rings. The van der Waals surface area contributed by atoms with Gasteiger partial charge in [0.1, 0.15) is 5.82 Å². The van der Waals surface area contributed by atoms with Crippen LogP contribution in [0, 0.1) is 18.3 Å². The van der Waals surface area contributed by atoms with E-state index >= 15 is 0 Å². The molecular weight excluding hydrogens is 260 g/mol. The van der Waals surface area contributed by atoms with Crippen LogP contribution in [-0.4, -0.2) is 9.78 Å². The molecular formula is C17H14N4. The molecule has 0 spiro atoms. The van der Waals surface area contributed by atoms with Crippen LogP contribution in [0.3, 0.4) is 0 Å². The van der Waals surface area contributed by atoms with Crippen molar-refractivity contribution < 1.29 is 0 Å². The van der Waals surface area contributed by atoms with E-state index in [1.807, 2.05) is 49.4 Å². The van der Waals surface area contributed by atoms with Gasteiger partial charge in [-0.15, -0.1) is 0 Å². The van der Waals surface area contributed by atoms with Crippen molar-refractivity contribution in [3.63, 3.8) is 0 Å². The van der Waals surface area contributed by atoms with Gasteiger partial charge in [0.2, 0.25) is 0 Å². The van der Waals surface area contributed by atoms with Gasteiger partial charge in [-0.25, -0.2) is 4.68 Å². The monoisotopic (exact) mass is 274 g/mol. The number of nitrogens with zero attached hydrogens (tertiary/aromatic N) is 3. The molecule has 0 aliphatic heterocycles. The molecule has 0 atom stereocenters. The Morgan fingerprint density at radius 2 is 1.71 bits per heavy atom. The fraction of sp³-hybridized carbons (Fsp3) is 0.0588. The van der Waals surface area contributed by atoms with E-state index in [1.54, 1.807) is 16.8 Å². The zero-order valence-corrected chi connectivity index (χ0v) is 11.6. The highest BCUT2D eigenvalue weighted by molar-refractivity contribution is 5.64. The maximum atomic E-state index is 8.83. The lowest BCUT2D eigenvalue weighted by atomic mass is 10.1. The van der Waals surface area contributed by atoms with Crippen LogP contribution in [0.2, 0.25) is 0 Å². The Kier molecular flexibility index (Phi) is 3.17. The molecule has 1 heterocycles. The van der Waals surface area contributed by atoms with Crippen molar-refractivity contribution in [1.29, 1.82) is 5.26 Å². The van der Waals surface area contributed by atoms with Gasteiger partial charge in [-0.3, -0.25) is 0 Å². The van der Waals surface area contributed by atoms with Crippen LogP contribution in [0.1, 0.15) is 11.1 Å². The van der Waals surface area contributed by atoms with Gasteiger partial charge < -0.3 is 5.73 Å². The Balaban J connectivity index is 2.01. The van der Waals surface area contributed by atoms with Crippen molar-refractivity contribution in [3.05, 3.63) is 65.7 Å². The summed E-state index contributed by atoms with van der Waals surface area (Å²) in [6.45, 7) is 2.05. The second kappa shape index (κ2) is 5.14. The smallest absolute Gasteiger partial charge is 0.127 e. The van der Waals surface area contributed by atoms with Crippen molar-refractivity contribution >= 4 is 5.82 Å². The Morgan fingerprint density at radius 1 is 1.05 bits per heavy atom. The second-order valence-electron chi connectivity index (χ2n) is 4.89. The minimum atomic E-state index is 0.565. The van der Waals surface area contributed by atoms with Gasteiger partial charge in [-0.05, 0) is 31.2 Å². The zero-order valence-electron chi connectivity index (χ0n) is 11.6. The first-order valence-electron chi connectivity index (χ1n) is 6.60. The molecule has 0 radical (unpaired) electrons. The molecule has 2 aromatic carbocycles. The van der Waals surface area contributed by atoms with Gasteiger partial charge >= 0.3 is 0 Å². The first-order chi connectivity index (χ1) is 10.2. The predicted molar refractivity (Wildman–Crippen MR) is 82.9 cm³/mol. The molecule has 0 amide bonds. The molecule has 0 saturated carbocycles. The summed E-state index contributed by atoms with van der Waals surface area (Å²) in [6, 6.07) is 19.3. The topological polar surface area (TPSA) is 67.6 Å². The molecule has 102 valence electrons. The highest BCUT2D eigenvalue weighted by atomic mass is 15.3. The average Bonchev–Trinajstić information content (AvgIpc) is 2.90. The van der Waals surface area contributed by atoms with Gasteiger partial charge in [0.05, 0.1) is 23.0 Å². The van der Waals surface area contributed by atoms with E-state index in [2.05, 4.69) is 11.2 Å². The van der Waals surface area contributed by atoms with E-state index in [-0.39, 0.29) is 0 Å². The Labute approximate surface area is 123 Å². The molecule has 1 aromatic heterocycles. The summed E-state index contributed by atoms with van der Waals surface area (Å²) in [5.41, 5.74) is 10.6.